The topological polar surface area (TPSA) is 111 Å². The molecule has 0 bridgehead atoms. The lowest BCUT2D eigenvalue weighted by Crippen LogP contribution is -2.48. The lowest BCUT2D eigenvalue weighted by Gasteiger charge is -2.34. The molecular weight excluding hydrogens is 422 g/mol. The predicted octanol–water partition coefficient (Wildman–Crippen LogP) is 2.86. The fraction of sp³-hybridized carbons (Fsp3) is 0.200. The van der Waals surface area contributed by atoms with Gasteiger partial charge in [-0.15, -0.1) is 0 Å². The van der Waals surface area contributed by atoms with E-state index in [1.165, 1.54) is 5.56 Å². The van der Waals surface area contributed by atoms with Crippen molar-refractivity contribution in [1.82, 2.24) is 14.8 Å². The maximum absolute atomic E-state index is 12.8. The van der Waals surface area contributed by atoms with Crippen LogP contribution in [0.1, 0.15) is 16.1 Å². The predicted molar refractivity (Wildman–Crippen MR) is 123 cm³/mol. The molecule has 1 fully saturated rings. The molecular formula is C25H25N3O5. The van der Waals surface area contributed by atoms with Gasteiger partial charge in [0, 0.05) is 44.5 Å². The number of carbonyl (C=O) groups is 3. The van der Waals surface area contributed by atoms with Gasteiger partial charge in [-0.3, -0.25) is 14.7 Å². The molecule has 0 aliphatic carbocycles. The average Bonchev–Trinajstić information content (AvgIpc) is 2.86. The Morgan fingerprint density at radius 3 is 1.85 bits per heavy atom. The summed E-state index contributed by atoms with van der Waals surface area (Å²) in [5.41, 5.74) is 4.13. The van der Waals surface area contributed by atoms with Gasteiger partial charge in [-0.05, 0) is 35.4 Å². The molecule has 1 aromatic heterocycles. The van der Waals surface area contributed by atoms with Crippen LogP contribution in [0.5, 0.6) is 0 Å². The van der Waals surface area contributed by atoms with Crippen LogP contribution >= 0.6 is 0 Å². The number of pyridine rings is 1. The van der Waals surface area contributed by atoms with Crippen molar-refractivity contribution in [1.29, 1.82) is 0 Å². The van der Waals surface area contributed by atoms with E-state index in [0.717, 1.165) is 49.5 Å². The maximum Gasteiger partial charge on any atom is 0.414 e. The van der Waals surface area contributed by atoms with Crippen molar-refractivity contribution in [2.24, 2.45) is 0 Å². The highest BCUT2D eigenvalue weighted by atomic mass is 16.4. The Bertz CT molecular complexity index is 1050. The van der Waals surface area contributed by atoms with Crippen LogP contribution < -0.4 is 0 Å². The zero-order chi connectivity index (χ0) is 23.6. The van der Waals surface area contributed by atoms with Gasteiger partial charge in [0.05, 0.1) is 5.69 Å². The van der Waals surface area contributed by atoms with Crippen LogP contribution in [0.15, 0.2) is 79.0 Å². The summed E-state index contributed by atoms with van der Waals surface area (Å²) in [5, 5.41) is 14.8. The van der Waals surface area contributed by atoms with E-state index in [9.17, 15) is 4.79 Å². The summed E-state index contributed by atoms with van der Waals surface area (Å²) in [7, 11) is 0. The molecule has 0 saturated carbocycles. The van der Waals surface area contributed by atoms with Gasteiger partial charge in [0.2, 0.25) is 0 Å². The van der Waals surface area contributed by atoms with E-state index in [2.05, 4.69) is 22.0 Å². The largest absolute Gasteiger partial charge is 0.473 e. The van der Waals surface area contributed by atoms with E-state index in [1.807, 2.05) is 71.8 Å². The molecule has 2 heterocycles. The molecule has 8 heteroatoms. The number of hydrogen-bond donors (Lipinski definition) is 2. The van der Waals surface area contributed by atoms with Crippen molar-refractivity contribution in [3.63, 3.8) is 0 Å². The summed E-state index contributed by atoms with van der Waals surface area (Å²) in [6, 6.07) is 24.1. The Hall–Kier alpha value is -4.04. The molecule has 2 N–H and O–H groups in total. The number of amides is 1. The molecule has 3 aromatic rings. The highest BCUT2D eigenvalue weighted by Crippen LogP contribution is 2.20. The Morgan fingerprint density at radius 2 is 1.30 bits per heavy atom. The van der Waals surface area contributed by atoms with Gasteiger partial charge in [0.25, 0.3) is 5.91 Å². The first-order valence-electron chi connectivity index (χ1n) is 10.5. The maximum atomic E-state index is 12.8. The van der Waals surface area contributed by atoms with Crippen LogP contribution in [-0.2, 0) is 16.1 Å². The van der Waals surface area contributed by atoms with Crippen molar-refractivity contribution in [2.75, 3.05) is 26.2 Å². The molecule has 1 saturated heterocycles. The molecule has 0 radical (unpaired) electrons. The summed E-state index contributed by atoms with van der Waals surface area (Å²) < 4.78 is 0. The molecule has 1 aliphatic rings. The Balaban J connectivity index is 0.000000454. The zero-order valence-corrected chi connectivity index (χ0v) is 18.0. The molecule has 33 heavy (non-hydrogen) atoms. The molecule has 0 atom stereocenters. The van der Waals surface area contributed by atoms with Crippen LogP contribution in [0.2, 0.25) is 0 Å². The molecule has 1 aliphatic heterocycles. The van der Waals surface area contributed by atoms with Crippen LogP contribution in [0.4, 0.5) is 0 Å². The number of benzene rings is 2. The molecule has 8 nitrogen and oxygen atoms in total. The highest BCUT2D eigenvalue weighted by molar-refractivity contribution is 6.27. The monoisotopic (exact) mass is 447 g/mol. The minimum absolute atomic E-state index is 0.118. The second-order valence-electron chi connectivity index (χ2n) is 7.44. The number of carboxylic acid groups (broad SMARTS) is 2. The van der Waals surface area contributed by atoms with Crippen LogP contribution in [0.25, 0.3) is 11.1 Å². The molecule has 0 unspecified atom stereocenters. The third-order valence-electron chi connectivity index (χ3n) is 5.19. The number of carbonyl (C=O) groups excluding carboxylic acids is 1. The van der Waals surface area contributed by atoms with Gasteiger partial charge >= 0.3 is 11.9 Å². The normalized spacial score (nSPS) is 13.5. The van der Waals surface area contributed by atoms with Crippen molar-refractivity contribution in [3.05, 3.63) is 90.3 Å². The Labute approximate surface area is 191 Å². The van der Waals surface area contributed by atoms with Crippen molar-refractivity contribution in [3.8, 4) is 11.1 Å². The Morgan fingerprint density at radius 1 is 0.727 bits per heavy atom. The van der Waals surface area contributed by atoms with Gasteiger partial charge in [0.1, 0.15) is 0 Å². The molecule has 1 amide bonds. The number of carboxylic acids is 2. The van der Waals surface area contributed by atoms with E-state index < -0.39 is 11.9 Å². The summed E-state index contributed by atoms with van der Waals surface area (Å²) in [4.78, 5) is 39.7. The van der Waals surface area contributed by atoms with Gasteiger partial charge in [0.15, 0.2) is 0 Å². The van der Waals surface area contributed by atoms with E-state index in [1.54, 1.807) is 0 Å². The van der Waals surface area contributed by atoms with Crippen molar-refractivity contribution < 1.29 is 24.6 Å². The van der Waals surface area contributed by atoms with Gasteiger partial charge in [-0.2, -0.15) is 0 Å². The smallest absolute Gasteiger partial charge is 0.414 e. The van der Waals surface area contributed by atoms with E-state index in [0.29, 0.717) is 0 Å². The summed E-state index contributed by atoms with van der Waals surface area (Å²) in [6.45, 7) is 4.11. The first-order valence-corrected chi connectivity index (χ1v) is 10.5. The number of rotatable bonds is 4. The van der Waals surface area contributed by atoms with E-state index in [4.69, 9.17) is 19.8 Å². The second kappa shape index (κ2) is 11.5. The van der Waals surface area contributed by atoms with Crippen LogP contribution in [-0.4, -0.2) is 69.0 Å². The van der Waals surface area contributed by atoms with E-state index >= 15 is 0 Å². The Kier molecular flexibility index (Phi) is 8.26. The quantitative estimate of drug-likeness (QED) is 0.592. The molecule has 2 aromatic carbocycles. The third kappa shape index (κ3) is 6.98. The van der Waals surface area contributed by atoms with E-state index in [-0.39, 0.29) is 5.91 Å². The van der Waals surface area contributed by atoms with Gasteiger partial charge < -0.3 is 15.1 Å². The number of hydrogen-bond acceptors (Lipinski definition) is 5. The lowest BCUT2D eigenvalue weighted by atomic mass is 10.0. The molecule has 4 rings (SSSR count). The SMILES string of the molecule is O=C(O)C(=O)O.O=C(c1ccc(-c2ccccc2)cc1)N1CCN(Cc2ccccn2)CC1. The molecule has 170 valence electrons. The standard InChI is InChI=1S/C23H23N3O.C2H2O4/c27-23(21-11-9-20(10-12-21)19-6-2-1-3-7-19)26-16-14-25(15-17-26)18-22-8-4-5-13-24-22;3-1(4)2(5)6/h1-13H,14-18H2;(H,3,4)(H,5,6). The van der Waals surface area contributed by atoms with Gasteiger partial charge in [-0.1, -0.05) is 48.5 Å². The summed E-state index contributed by atoms with van der Waals surface area (Å²) in [5.74, 6) is -3.53. The summed E-state index contributed by atoms with van der Waals surface area (Å²) in [6.07, 6.45) is 1.83. The first kappa shape index (κ1) is 23.6. The fourth-order valence-corrected chi connectivity index (χ4v) is 3.45. The summed E-state index contributed by atoms with van der Waals surface area (Å²) >= 11 is 0. The van der Waals surface area contributed by atoms with Crippen molar-refractivity contribution in [2.45, 2.75) is 6.54 Å². The highest BCUT2D eigenvalue weighted by Gasteiger charge is 2.22. The number of piperazine rings is 1. The zero-order valence-electron chi connectivity index (χ0n) is 18.0. The second-order valence-corrected chi connectivity index (χ2v) is 7.44. The lowest BCUT2D eigenvalue weighted by molar-refractivity contribution is -0.159. The third-order valence-corrected chi connectivity index (χ3v) is 5.19. The number of nitrogens with zero attached hydrogens (tertiary/aromatic N) is 3. The minimum atomic E-state index is -1.82. The van der Waals surface area contributed by atoms with Crippen LogP contribution in [0, 0.1) is 0 Å². The first-order chi connectivity index (χ1) is 15.9. The number of aromatic nitrogens is 1. The number of aliphatic carboxylic acids is 2. The average molecular weight is 447 g/mol. The van der Waals surface area contributed by atoms with Crippen molar-refractivity contribution >= 4 is 17.8 Å². The van der Waals surface area contributed by atoms with Crippen LogP contribution in [0.3, 0.4) is 0 Å². The van der Waals surface area contributed by atoms with Gasteiger partial charge in [-0.25, -0.2) is 9.59 Å². The fourth-order valence-electron chi connectivity index (χ4n) is 3.45. The molecule has 0 spiro atoms. The minimum Gasteiger partial charge on any atom is -0.473 e.